The molecule has 1 saturated heterocycles. The van der Waals surface area contributed by atoms with Gasteiger partial charge in [0.2, 0.25) is 10.0 Å². The van der Waals surface area contributed by atoms with Crippen molar-refractivity contribution in [3.05, 3.63) is 65.2 Å². The molecule has 2 aromatic carbocycles. The summed E-state index contributed by atoms with van der Waals surface area (Å²) < 4.78 is 43.1. The fraction of sp³-hybridized carbons (Fsp3) is 0.385. The van der Waals surface area contributed by atoms with Crippen molar-refractivity contribution in [3.8, 4) is 5.75 Å². The van der Waals surface area contributed by atoms with Gasteiger partial charge in [-0.3, -0.25) is 4.79 Å². The van der Waals surface area contributed by atoms with Gasteiger partial charge in [-0.1, -0.05) is 30.3 Å². The molecule has 1 aliphatic heterocycles. The quantitative estimate of drug-likeness (QED) is 0.426. The number of carbonyl (C=O) groups excluding carboxylic acids is 2. The number of esters is 1. The first-order chi connectivity index (χ1) is 17.4. The van der Waals surface area contributed by atoms with E-state index in [9.17, 15) is 18.0 Å². The number of hydrogen-bond acceptors (Lipinski definition) is 7. The molecule has 1 N–H and O–H groups in total. The van der Waals surface area contributed by atoms with Crippen molar-refractivity contribution >= 4 is 28.0 Å². The van der Waals surface area contributed by atoms with Gasteiger partial charge in [0, 0.05) is 19.2 Å². The number of amides is 1. The van der Waals surface area contributed by atoms with E-state index in [1.165, 1.54) is 35.2 Å². The highest BCUT2D eigenvalue weighted by atomic mass is 32.2. The molecule has 9 nitrogen and oxygen atoms in total. The summed E-state index contributed by atoms with van der Waals surface area (Å²) in [5.41, 5.74) is 2.80. The largest absolute Gasteiger partial charge is 0.495 e. The van der Waals surface area contributed by atoms with Crippen LogP contribution in [0.25, 0.3) is 6.08 Å². The molecule has 2 aromatic rings. The molecule has 1 amide bonds. The third-order valence-corrected chi connectivity index (χ3v) is 8.16. The number of nitrogens with one attached hydrogen (secondary N) is 1. The summed E-state index contributed by atoms with van der Waals surface area (Å²) >= 11 is 0. The third-order valence-electron chi connectivity index (χ3n) is 6.24. The first-order valence-corrected chi connectivity index (χ1v) is 13.3. The van der Waals surface area contributed by atoms with Gasteiger partial charge in [-0.15, -0.1) is 0 Å². The maximum absolute atomic E-state index is 13.1. The fourth-order valence-electron chi connectivity index (χ4n) is 4.41. The van der Waals surface area contributed by atoms with Crippen LogP contribution in [0.2, 0.25) is 0 Å². The van der Waals surface area contributed by atoms with E-state index in [0.717, 1.165) is 30.9 Å². The minimum Gasteiger partial charge on any atom is -0.495 e. The molecule has 10 heteroatoms. The van der Waals surface area contributed by atoms with Crippen molar-refractivity contribution in [2.75, 3.05) is 40.0 Å². The molecule has 1 fully saturated rings. The van der Waals surface area contributed by atoms with Crippen LogP contribution in [0.15, 0.2) is 53.4 Å². The van der Waals surface area contributed by atoms with Crippen molar-refractivity contribution in [1.29, 1.82) is 0 Å². The lowest BCUT2D eigenvalue weighted by atomic mass is 9.88. The van der Waals surface area contributed by atoms with E-state index in [4.69, 9.17) is 14.2 Å². The molecule has 0 saturated carbocycles. The van der Waals surface area contributed by atoms with E-state index in [-0.39, 0.29) is 35.7 Å². The SMILES string of the molecule is COc1ccc(/C=C/C(=O)OCC(=O)N[C@@H]2CCCc3ccccc32)cc1S(=O)(=O)N1CCOCC1. The molecule has 2 aliphatic rings. The second-order valence-corrected chi connectivity index (χ2v) is 10.5. The van der Waals surface area contributed by atoms with E-state index >= 15 is 0 Å². The molecule has 0 unspecified atom stereocenters. The van der Waals surface area contributed by atoms with Gasteiger partial charge in [0.15, 0.2) is 6.61 Å². The van der Waals surface area contributed by atoms with Crippen LogP contribution in [0.4, 0.5) is 0 Å². The average Bonchev–Trinajstić information content (AvgIpc) is 2.91. The molecule has 0 bridgehead atoms. The molecule has 1 heterocycles. The van der Waals surface area contributed by atoms with E-state index in [1.54, 1.807) is 6.07 Å². The molecular formula is C26H30N2O7S. The van der Waals surface area contributed by atoms with Gasteiger partial charge >= 0.3 is 5.97 Å². The second kappa shape index (κ2) is 11.7. The van der Waals surface area contributed by atoms with Gasteiger partial charge in [-0.05, 0) is 54.2 Å². The number of nitrogens with zero attached hydrogens (tertiary/aromatic N) is 1. The van der Waals surface area contributed by atoms with Crippen molar-refractivity contribution in [2.24, 2.45) is 0 Å². The summed E-state index contributed by atoms with van der Waals surface area (Å²) in [7, 11) is -2.40. The van der Waals surface area contributed by atoms with Gasteiger partial charge in [0.05, 0.1) is 26.4 Å². The fourth-order valence-corrected chi connectivity index (χ4v) is 6.01. The maximum Gasteiger partial charge on any atom is 0.331 e. The minimum absolute atomic E-state index is 0.00885. The van der Waals surface area contributed by atoms with Crippen LogP contribution in [0.5, 0.6) is 5.75 Å². The lowest BCUT2D eigenvalue weighted by molar-refractivity contribution is -0.144. The van der Waals surface area contributed by atoms with Crippen molar-refractivity contribution in [2.45, 2.75) is 30.2 Å². The van der Waals surface area contributed by atoms with Crippen LogP contribution in [0.3, 0.4) is 0 Å². The number of ether oxygens (including phenoxy) is 3. The average molecular weight is 515 g/mol. The normalized spacial score (nSPS) is 18.4. The van der Waals surface area contributed by atoms with Crippen LogP contribution in [-0.2, 0) is 35.5 Å². The molecule has 0 aromatic heterocycles. The Morgan fingerprint density at radius 2 is 1.94 bits per heavy atom. The number of benzene rings is 2. The predicted octanol–water partition coefficient (Wildman–Crippen LogP) is 2.47. The van der Waals surface area contributed by atoms with Crippen molar-refractivity contribution < 1.29 is 32.2 Å². The van der Waals surface area contributed by atoms with Gasteiger partial charge in [-0.2, -0.15) is 4.31 Å². The summed E-state index contributed by atoms with van der Waals surface area (Å²) in [6.07, 6.45) is 5.41. The number of hydrogen-bond donors (Lipinski definition) is 1. The van der Waals surface area contributed by atoms with Crippen LogP contribution in [0, 0.1) is 0 Å². The number of fused-ring (bicyclic) bond motifs is 1. The number of morpholine rings is 1. The Kier molecular flexibility index (Phi) is 8.40. The summed E-state index contributed by atoms with van der Waals surface area (Å²) in [6.45, 7) is 0.765. The predicted molar refractivity (Wildman–Crippen MR) is 133 cm³/mol. The molecule has 36 heavy (non-hydrogen) atoms. The van der Waals surface area contributed by atoms with E-state index in [2.05, 4.69) is 11.4 Å². The van der Waals surface area contributed by atoms with Crippen LogP contribution in [-0.4, -0.2) is 64.6 Å². The zero-order valence-electron chi connectivity index (χ0n) is 20.1. The molecule has 1 aliphatic carbocycles. The number of carbonyl (C=O) groups is 2. The highest BCUT2D eigenvalue weighted by Crippen LogP contribution is 2.30. The number of aryl methyl sites for hydroxylation is 1. The lowest BCUT2D eigenvalue weighted by Crippen LogP contribution is -2.40. The second-order valence-electron chi connectivity index (χ2n) is 8.58. The summed E-state index contributed by atoms with van der Waals surface area (Å²) in [5, 5.41) is 2.94. The summed E-state index contributed by atoms with van der Waals surface area (Å²) in [6, 6.07) is 12.5. The van der Waals surface area contributed by atoms with Crippen molar-refractivity contribution in [1.82, 2.24) is 9.62 Å². The first-order valence-electron chi connectivity index (χ1n) is 11.9. The lowest BCUT2D eigenvalue weighted by Gasteiger charge is -2.26. The summed E-state index contributed by atoms with van der Waals surface area (Å²) in [5.74, 6) is -0.869. The number of sulfonamides is 1. The Labute approximate surface area is 211 Å². The molecule has 192 valence electrons. The Bertz CT molecular complexity index is 1240. The highest BCUT2D eigenvalue weighted by molar-refractivity contribution is 7.89. The van der Waals surface area contributed by atoms with Gasteiger partial charge < -0.3 is 19.5 Å². The number of rotatable bonds is 8. The Morgan fingerprint density at radius 1 is 1.17 bits per heavy atom. The minimum atomic E-state index is -3.80. The van der Waals surface area contributed by atoms with Gasteiger partial charge in [0.1, 0.15) is 10.6 Å². The third kappa shape index (κ3) is 6.13. The van der Waals surface area contributed by atoms with E-state index < -0.39 is 22.6 Å². The Morgan fingerprint density at radius 3 is 2.72 bits per heavy atom. The van der Waals surface area contributed by atoms with Crippen LogP contribution < -0.4 is 10.1 Å². The first kappa shape index (κ1) is 25.9. The summed E-state index contributed by atoms with van der Waals surface area (Å²) in [4.78, 5) is 24.6. The molecule has 4 rings (SSSR count). The van der Waals surface area contributed by atoms with Gasteiger partial charge in [-0.25, -0.2) is 13.2 Å². The zero-order valence-corrected chi connectivity index (χ0v) is 21.0. The zero-order chi connectivity index (χ0) is 25.5. The van der Waals surface area contributed by atoms with Gasteiger partial charge in [0.25, 0.3) is 5.91 Å². The highest BCUT2D eigenvalue weighted by Gasteiger charge is 2.29. The Balaban J connectivity index is 1.36. The van der Waals surface area contributed by atoms with Crippen LogP contribution >= 0.6 is 0 Å². The van der Waals surface area contributed by atoms with Crippen molar-refractivity contribution in [3.63, 3.8) is 0 Å². The monoisotopic (exact) mass is 514 g/mol. The smallest absolute Gasteiger partial charge is 0.331 e. The standard InChI is InChI=1S/C26H30N2O7S/c1-33-23-11-9-19(17-24(23)36(31,32)28-13-15-34-16-14-28)10-12-26(30)35-18-25(29)27-22-8-4-6-20-5-2-3-7-21(20)22/h2-3,5,7,9-12,17,22H,4,6,8,13-16,18H2,1H3,(H,27,29)/b12-10+/t22-/m1/s1. The molecule has 0 spiro atoms. The topological polar surface area (TPSA) is 111 Å². The molecular weight excluding hydrogens is 484 g/mol. The molecule has 0 radical (unpaired) electrons. The Hall–Kier alpha value is -3.21. The van der Waals surface area contributed by atoms with Crippen LogP contribution in [0.1, 0.15) is 35.6 Å². The maximum atomic E-state index is 13.1. The van der Waals surface area contributed by atoms with E-state index in [0.29, 0.717) is 18.8 Å². The number of methoxy groups -OCH3 is 1. The molecule has 1 atom stereocenters. The van der Waals surface area contributed by atoms with E-state index in [1.807, 2.05) is 18.2 Å².